The van der Waals surface area contributed by atoms with Crippen molar-refractivity contribution >= 4 is 5.97 Å². The van der Waals surface area contributed by atoms with Crippen LogP contribution in [-0.4, -0.2) is 24.4 Å². The standard InChI is InChI=1S/C20H13F9O3/c1-2-31-10-5-3-9(4-6-10)18(8-19(26,27)20(18,28)29)17(30)32-7-11-12(21)14(23)16(25)15(24)13(11)22/h3-6H,2,7-8H2,1H3. The van der Waals surface area contributed by atoms with E-state index in [4.69, 9.17) is 4.74 Å². The molecule has 0 amide bonds. The van der Waals surface area contributed by atoms with Crippen LogP contribution in [0.3, 0.4) is 0 Å². The second-order valence-corrected chi connectivity index (χ2v) is 6.94. The van der Waals surface area contributed by atoms with Crippen molar-refractivity contribution in [3.05, 3.63) is 64.5 Å². The molecular formula is C20H13F9O3. The summed E-state index contributed by atoms with van der Waals surface area (Å²) in [5.74, 6) is -23.3. The third-order valence-corrected chi connectivity index (χ3v) is 5.14. The number of carbonyl (C=O) groups is 1. The van der Waals surface area contributed by atoms with Crippen molar-refractivity contribution in [3.63, 3.8) is 0 Å². The van der Waals surface area contributed by atoms with Crippen LogP contribution in [0.4, 0.5) is 39.5 Å². The van der Waals surface area contributed by atoms with E-state index in [1.54, 1.807) is 6.92 Å². The van der Waals surface area contributed by atoms with Crippen molar-refractivity contribution in [1.29, 1.82) is 0 Å². The number of rotatable bonds is 6. The molecule has 174 valence electrons. The molecule has 3 nitrogen and oxygen atoms in total. The molecule has 1 atom stereocenters. The van der Waals surface area contributed by atoms with Gasteiger partial charge in [-0.05, 0) is 24.6 Å². The Morgan fingerprint density at radius 3 is 1.81 bits per heavy atom. The van der Waals surface area contributed by atoms with Gasteiger partial charge in [0, 0.05) is 6.42 Å². The Labute approximate surface area is 174 Å². The first-order chi connectivity index (χ1) is 14.8. The highest BCUT2D eigenvalue weighted by Crippen LogP contribution is 2.64. The highest BCUT2D eigenvalue weighted by molar-refractivity contribution is 5.87. The Hall–Kier alpha value is -2.92. The summed E-state index contributed by atoms with van der Waals surface area (Å²) < 4.78 is 133. The van der Waals surface area contributed by atoms with Crippen LogP contribution in [0.2, 0.25) is 0 Å². The van der Waals surface area contributed by atoms with Crippen molar-refractivity contribution in [1.82, 2.24) is 0 Å². The van der Waals surface area contributed by atoms with Gasteiger partial charge >= 0.3 is 17.8 Å². The third-order valence-electron chi connectivity index (χ3n) is 5.14. The van der Waals surface area contributed by atoms with Gasteiger partial charge in [-0.3, -0.25) is 4.79 Å². The summed E-state index contributed by atoms with van der Waals surface area (Å²) >= 11 is 0. The molecule has 0 aromatic heterocycles. The summed E-state index contributed by atoms with van der Waals surface area (Å²) in [4.78, 5) is 12.5. The zero-order chi connectivity index (χ0) is 24.1. The summed E-state index contributed by atoms with van der Waals surface area (Å²) in [6, 6.07) is 4.08. The lowest BCUT2D eigenvalue weighted by Crippen LogP contribution is -2.72. The summed E-state index contributed by atoms with van der Waals surface area (Å²) in [6.45, 7) is 0.153. The molecule has 12 heteroatoms. The quantitative estimate of drug-likeness (QED) is 0.243. The van der Waals surface area contributed by atoms with E-state index < -0.39 is 76.5 Å². The van der Waals surface area contributed by atoms with E-state index in [9.17, 15) is 44.3 Å². The number of carbonyl (C=O) groups excluding carboxylic acids is 1. The van der Waals surface area contributed by atoms with Gasteiger partial charge in [0.2, 0.25) is 5.82 Å². The zero-order valence-electron chi connectivity index (χ0n) is 16.1. The number of esters is 1. The van der Waals surface area contributed by atoms with Crippen LogP contribution in [0.1, 0.15) is 24.5 Å². The lowest BCUT2D eigenvalue weighted by atomic mass is 9.58. The molecule has 1 aliphatic rings. The molecule has 1 aliphatic carbocycles. The van der Waals surface area contributed by atoms with Gasteiger partial charge < -0.3 is 9.47 Å². The summed E-state index contributed by atoms with van der Waals surface area (Å²) in [5, 5.41) is 0. The first kappa shape index (κ1) is 23.7. The molecule has 1 fully saturated rings. The van der Waals surface area contributed by atoms with Crippen molar-refractivity contribution in [2.75, 3.05) is 6.61 Å². The molecular weight excluding hydrogens is 459 g/mol. The van der Waals surface area contributed by atoms with Gasteiger partial charge in [0.15, 0.2) is 28.7 Å². The number of benzene rings is 2. The van der Waals surface area contributed by atoms with Gasteiger partial charge in [-0.2, -0.15) is 17.6 Å². The first-order valence-electron chi connectivity index (χ1n) is 8.98. The van der Waals surface area contributed by atoms with Crippen LogP contribution in [0.5, 0.6) is 5.75 Å². The molecule has 2 aromatic carbocycles. The van der Waals surface area contributed by atoms with Crippen LogP contribution in [0.25, 0.3) is 0 Å². The maximum atomic E-state index is 14.5. The van der Waals surface area contributed by atoms with Crippen LogP contribution in [0, 0.1) is 29.1 Å². The van der Waals surface area contributed by atoms with E-state index in [1.165, 1.54) is 0 Å². The van der Waals surface area contributed by atoms with E-state index in [0.29, 0.717) is 0 Å². The predicted molar refractivity (Wildman–Crippen MR) is 89.8 cm³/mol. The number of ether oxygens (including phenoxy) is 2. The van der Waals surface area contributed by atoms with Gasteiger partial charge in [0.25, 0.3) is 0 Å². The Kier molecular flexibility index (Phi) is 5.85. The number of hydrogen-bond acceptors (Lipinski definition) is 3. The highest BCUT2D eigenvalue weighted by atomic mass is 19.3. The minimum atomic E-state index is -4.97. The molecule has 0 radical (unpaired) electrons. The van der Waals surface area contributed by atoms with Gasteiger partial charge in [-0.1, -0.05) is 12.1 Å². The fraction of sp³-hybridized carbons (Fsp3) is 0.350. The smallest absolute Gasteiger partial charge is 0.330 e. The van der Waals surface area contributed by atoms with Gasteiger partial charge in [-0.15, -0.1) is 0 Å². The van der Waals surface area contributed by atoms with E-state index in [0.717, 1.165) is 24.3 Å². The van der Waals surface area contributed by atoms with Gasteiger partial charge in [-0.25, -0.2) is 22.0 Å². The first-order valence-corrected chi connectivity index (χ1v) is 8.98. The minimum Gasteiger partial charge on any atom is -0.494 e. The summed E-state index contributed by atoms with van der Waals surface area (Å²) in [7, 11) is 0. The third kappa shape index (κ3) is 3.27. The average molecular weight is 472 g/mol. The molecule has 32 heavy (non-hydrogen) atoms. The monoisotopic (exact) mass is 472 g/mol. The van der Waals surface area contributed by atoms with E-state index in [1.807, 2.05) is 0 Å². The van der Waals surface area contributed by atoms with E-state index >= 15 is 0 Å². The summed E-state index contributed by atoms with van der Waals surface area (Å²) in [6.07, 6.45) is -1.71. The van der Waals surface area contributed by atoms with Crippen LogP contribution < -0.4 is 4.74 Å². The molecule has 0 aliphatic heterocycles. The van der Waals surface area contributed by atoms with Gasteiger partial charge in [0.05, 0.1) is 12.2 Å². The molecule has 3 rings (SSSR count). The second-order valence-electron chi connectivity index (χ2n) is 6.94. The largest absolute Gasteiger partial charge is 0.494 e. The fourth-order valence-electron chi connectivity index (χ4n) is 3.40. The number of hydrogen-bond donors (Lipinski definition) is 0. The number of alkyl halides is 4. The van der Waals surface area contributed by atoms with E-state index in [2.05, 4.69) is 4.74 Å². The topological polar surface area (TPSA) is 35.5 Å². The van der Waals surface area contributed by atoms with E-state index in [-0.39, 0.29) is 12.4 Å². The maximum Gasteiger partial charge on any atom is 0.330 e. The van der Waals surface area contributed by atoms with Crippen molar-refractivity contribution in [2.24, 2.45) is 0 Å². The Bertz CT molecular complexity index is 1020. The van der Waals surface area contributed by atoms with Gasteiger partial charge in [0.1, 0.15) is 12.4 Å². The Balaban J connectivity index is 1.97. The van der Waals surface area contributed by atoms with Crippen LogP contribution in [0.15, 0.2) is 24.3 Å². The van der Waals surface area contributed by atoms with Crippen molar-refractivity contribution < 1.29 is 53.8 Å². The molecule has 0 saturated heterocycles. The maximum absolute atomic E-state index is 14.5. The molecule has 0 heterocycles. The average Bonchev–Trinajstić information content (AvgIpc) is 2.75. The molecule has 0 N–H and O–H groups in total. The Morgan fingerprint density at radius 2 is 1.38 bits per heavy atom. The summed E-state index contributed by atoms with van der Waals surface area (Å²) in [5.41, 5.74) is -5.49. The molecule has 1 unspecified atom stereocenters. The molecule has 0 spiro atoms. The molecule has 0 bridgehead atoms. The normalized spacial score (nSPS) is 21.1. The lowest BCUT2D eigenvalue weighted by molar-refractivity contribution is -0.323. The fourth-order valence-corrected chi connectivity index (χ4v) is 3.40. The molecule has 1 saturated carbocycles. The van der Waals surface area contributed by atoms with Crippen molar-refractivity contribution in [3.8, 4) is 5.75 Å². The lowest BCUT2D eigenvalue weighted by Gasteiger charge is -2.51. The predicted octanol–water partition coefficient (Wildman–Crippen LogP) is 5.44. The second kappa shape index (κ2) is 7.89. The van der Waals surface area contributed by atoms with Crippen molar-refractivity contribution in [2.45, 2.75) is 37.2 Å². The SMILES string of the molecule is CCOc1ccc(C2(C(=O)OCc3c(F)c(F)c(F)c(F)c3F)CC(F)(F)C2(F)F)cc1. The minimum absolute atomic E-state index is 0.176. The molecule has 2 aromatic rings. The Morgan fingerprint density at radius 1 is 0.875 bits per heavy atom. The zero-order valence-corrected chi connectivity index (χ0v) is 16.1. The van der Waals surface area contributed by atoms with Crippen LogP contribution >= 0.6 is 0 Å². The van der Waals surface area contributed by atoms with Crippen LogP contribution in [-0.2, 0) is 21.6 Å². The highest BCUT2D eigenvalue weighted by Gasteiger charge is 2.84. The number of halogens is 9.